The van der Waals surface area contributed by atoms with Crippen LogP contribution < -0.4 is 5.32 Å². The molecule has 1 atom stereocenters. The van der Waals surface area contributed by atoms with Crippen molar-refractivity contribution in [2.24, 2.45) is 5.92 Å². The third-order valence-corrected chi connectivity index (χ3v) is 6.21. The van der Waals surface area contributed by atoms with Gasteiger partial charge in [-0.3, -0.25) is 4.79 Å². The van der Waals surface area contributed by atoms with Gasteiger partial charge >= 0.3 is 0 Å². The molecule has 1 saturated heterocycles. The maximum atomic E-state index is 14.5. The number of H-pyrrole nitrogens is 1. The van der Waals surface area contributed by atoms with Gasteiger partial charge in [-0.05, 0) is 43.0 Å². The molecule has 0 bridgehead atoms. The van der Waals surface area contributed by atoms with Crippen LogP contribution in [0.15, 0.2) is 42.9 Å². The fraction of sp³-hybridized carbons (Fsp3) is 0.250. The smallest absolute Gasteiger partial charge is 0.256 e. The number of nitrogens with zero attached hydrogens (tertiary/aromatic N) is 4. The van der Waals surface area contributed by atoms with Crippen molar-refractivity contribution >= 4 is 34.4 Å². The molecule has 180 valence electrons. The van der Waals surface area contributed by atoms with Crippen LogP contribution in [-0.4, -0.2) is 50.4 Å². The van der Waals surface area contributed by atoms with E-state index in [1.165, 1.54) is 11.1 Å². The molecule has 0 aliphatic carbocycles. The van der Waals surface area contributed by atoms with Gasteiger partial charge < -0.3 is 15.2 Å². The predicted octanol–water partition coefficient (Wildman–Crippen LogP) is 5.05. The summed E-state index contributed by atoms with van der Waals surface area (Å²) in [7, 11) is 0. The zero-order valence-electron chi connectivity index (χ0n) is 18.4. The van der Waals surface area contributed by atoms with E-state index in [-0.39, 0.29) is 17.3 Å². The fourth-order valence-electron chi connectivity index (χ4n) is 4.27. The van der Waals surface area contributed by atoms with Crippen LogP contribution in [0.25, 0.3) is 22.4 Å². The first-order chi connectivity index (χ1) is 16.9. The van der Waals surface area contributed by atoms with Crippen LogP contribution in [-0.2, 0) is 0 Å². The molecule has 0 saturated carbocycles. The van der Waals surface area contributed by atoms with E-state index in [0.717, 1.165) is 30.8 Å². The fourth-order valence-corrected chi connectivity index (χ4v) is 4.43. The average Bonchev–Trinajstić information content (AvgIpc) is 3.28. The monoisotopic (exact) mass is 500 g/mol. The first-order valence-corrected chi connectivity index (χ1v) is 11.4. The number of hydrogen-bond donors (Lipinski definition) is 2. The summed E-state index contributed by atoms with van der Waals surface area (Å²) >= 11 is 6.06. The van der Waals surface area contributed by atoms with Gasteiger partial charge in [-0.15, -0.1) is 0 Å². The van der Waals surface area contributed by atoms with Crippen molar-refractivity contribution in [3.8, 4) is 11.4 Å². The quantitative estimate of drug-likeness (QED) is 0.400. The number of carbonyl (C=O) groups excluding carboxylic acids is 1. The summed E-state index contributed by atoms with van der Waals surface area (Å²) in [6.07, 6.45) is 5.76. The topological polar surface area (TPSA) is 86.8 Å². The summed E-state index contributed by atoms with van der Waals surface area (Å²) in [5.74, 6) is -2.32. The highest BCUT2D eigenvalue weighted by molar-refractivity contribution is 6.31. The third kappa shape index (κ3) is 4.79. The Morgan fingerprint density at radius 3 is 2.89 bits per heavy atom. The number of aromatic nitrogens is 4. The van der Waals surface area contributed by atoms with Crippen LogP contribution in [0.3, 0.4) is 0 Å². The van der Waals surface area contributed by atoms with Crippen LogP contribution in [0, 0.1) is 23.4 Å². The predicted molar refractivity (Wildman–Crippen MR) is 126 cm³/mol. The SMILES string of the molecule is O=C(c1cc(F)ccc1F)N1CCCC(CNc2nc(-c3c[nH]c4ncc(Cl)cc34)ncc2F)C1. The lowest BCUT2D eigenvalue weighted by Crippen LogP contribution is -2.42. The lowest BCUT2D eigenvalue weighted by Gasteiger charge is -2.33. The Balaban J connectivity index is 1.30. The van der Waals surface area contributed by atoms with E-state index in [0.29, 0.717) is 53.5 Å². The number of nitrogens with one attached hydrogen (secondary N) is 2. The summed E-state index contributed by atoms with van der Waals surface area (Å²) in [5, 5.41) is 4.18. The Kier molecular flexibility index (Phi) is 6.29. The molecule has 1 fully saturated rings. The number of carbonyl (C=O) groups is 1. The zero-order chi connectivity index (χ0) is 24.5. The lowest BCUT2D eigenvalue weighted by molar-refractivity contribution is 0.0675. The van der Waals surface area contributed by atoms with Crippen molar-refractivity contribution in [2.45, 2.75) is 12.8 Å². The van der Waals surface area contributed by atoms with Crippen molar-refractivity contribution in [1.29, 1.82) is 0 Å². The number of likely N-dealkylation sites (tertiary alicyclic amines) is 1. The van der Waals surface area contributed by atoms with Gasteiger partial charge in [-0.25, -0.2) is 28.1 Å². The summed E-state index contributed by atoms with van der Waals surface area (Å²) in [4.78, 5) is 29.9. The molecule has 5 rings (SSSR count). The molecule has 35 heavy (non-hydrogen) atoms. The highest BCUT2D eigenvalue weighted by atomic mass is 35.5. The molecule has 1 unspecified atom stereocenters. The highest BCUT2D eigenvalue weighted by Gasteiger charge is 2.27. The maximum Gasteiger partial charge on any atom is 0.256 e. The van der Waals surface area contributed by atoms with Crippen molar-refractivity contribution in [3.63, 3.8) is 0 Å². The van der Waals surface area contributed by atoms with E-state index in [2.05, 4.69) is 25.3 Å². The molecule has 2 N–H and O–H groups in total. The largest absolute Gasteiger partial charge is 0.367 e. The molecule has 4 aromatic rings. The second-order valence-corrected chi connectivity index (χ2v) is 8.84. The number of aromatic amines is 1. The van der Waals surface area contributed by atoms with Crippen molar-refractivity contribution in [2.75, 3.05) is 25.0 Å². The third-order valence-electron chi connectivity index (χ3n) is 6.01. The standard InChI is InChI=1S/C24H20ClF3N6O/c25-14-6-16-18(10-31-21(16)30-9-14)22-32-11-20(28)23(33-22)29-8-13-2-1-5-34(12-13)24(35)17-7-15(26)3-4-19(17)27/h3-4,6-7,9-11,13H,1-2,5,8,12H2,(H,30,31)(H,29,32,33). The Hall–Kier alpha value is -3.66. The van der Waals surface area contributed by atoms with Gasteiger partial charge in [0.25, 0.3) is 5.91 Å². The van der Waals surface area contributed by atoms with Crippen LogP contribution in [0.1, 0.15) is 23.2 Å². The number of hydrogen-bond acceptors (Lipinski definition) is 5. The van der Waals surface area contributed by atoms with Gasteiger partial charge in [0.2, 0.25) is 0 Å². The number of anilines is 1. The van der Waals surface area contributed by atoms with Gasteiger partial charge in [-0.1, -0.05) is 11.6 Å². The molecule has 1 aliphatic rings. The van der Waals surface area contributed by atoms with E-state index < -0.39 is 23.4 Å². The van der Waals surface area contributed by atoms with Crippen LogP contribution in [0.4, 0.5) is 19.0 Å². The number of halogens is 4. The van der Waals surface area contributed by atoms with E-state index >= 15 is 0 Å². The first kappa shape index (κ1) is 23.1. The molecule has 4 heterocycles. The Bertz CT molecular complexity index is 1410. The summed E-state index contributed by atoms with van der Waals surface area (Å²) in [5.41, 5.74) is 0.941. The molecule has 3 aromatic heterocycles. The maximum absolute atomic E-state index is 14.5. The molecular formula is C24H20ClF3N6O. The van der Waals surface area contributed by atoms with Crippen LogP contribution >= 0.6 is 11.6 Å². The molecule has 1 aliphatic heterocycles. The van der Waals surface area contributed by atoms with Gasteiger partial charge in [0.05, 0.1) is 16.8 Å². The number of benzene rings is 1. The number of amides is 1. The van der Waals surface area contributed by atoms with E-state index in [4.69, 9.17) is 11.6 Å². The van der Waals surface area contributed by atoms with E-state index in [1.807, 2.05) is 0 Å². The molecule has 1 aromatic carbocycles. The molecule has 0 radical (unpaired) electrons. The van der Waals surface area contributed by atoms with Gasteiger partial charge in [0.15, 0.2) is 17.5 Å². The first-order valence-electron chi connectivity index (χ1n) is 11.0. The molecule has 0 spiro atoms. The van der Waals surface area contributed by atoms with Crippen molar-refractivity contribution < 1.29 is 18.0 Å². The lowest BCUT2D eigenvalue weighted by atomic mass is 9.97. The van der Waals surface area contributed by atoms with Gasteiger partial charge in [0, 0.05) is 43.0 Å². The molecule has 1 amide bonds. The van der Waals surface area contributed by atoms with E-state index in [1.54, 1.807) is 12.3 Å². The summed E-state index contributed by atoms with van der Waals surface area (Å²) in [6.45, 7) is 1.10. The van der Waals surface area contributed by atoms with Crippen molar-refractivity contribution in [1.82, 2.24) is 24.8 Å². The van der Waals surface area contributed by atoms with Crippen molar-refractivity contribution in [3.05, 3.63) is 70.9 Å². The van der Waals surface area contributed by atoms with Crippen LogP contribution in [0.5, 0.6) is 0 Å². The Morgan fingerprint density at radius 1 is 1.17 bits per heavy atom. The van der Waals surface area contributed by atoms with Gasteiger partial charge in [-0.2, -0.15) is 0 Å². The number of piperidine rings is 1. The summed E-state index contributed by atoms with van der Waals surface area (Å²) in [6, 6.07) is 4.55. The Labute approximate surface area is 203 Å². The number of rotatable bonds is 5. The second-order valence-electron chi connectivity index (χ2n) is 8.41. The molecule has 11 heteroatoms. The zero-order valence-corrected chi connectivity index (χ0v) is 19.1. The van der Waals surface area contributed by atoms with Gasteiger partial charge in [0.1, 0.15) is 17.3 Å². The number of pyridine rings is 1. The summed E-state index contributed by atoms with van der Waals surface area (Å²) < 4.78 is 42.1. The second kappa shape index (κ2) is 9.53. The number of fused-ring (bicyclic) bond motifs is 1. The minimum atomic E-state index is -0.763. The minimum absolute atomic E-state index is 0.0268. The molecule has 7 nitrogen and oxygen atoms in total. The average molecular weight is 501 g/mol. The Morgan fingerprint density at radius 2 is 2.03 bits per heavy atom. The minimum Gasteiger partial charge on any atom is -0.367 e. The highest BCUT2D eigenvalue weighted by Crippen LogP contribution is 2.28. The normalized spacial score (nSPS) is 16.0. The van der Waals surface area contributed by atoms with E-state index in [9.17, 15) is 18.0 Å². The molecular weight excluding hydrogens is 481 g/mol. The van der Waals surface area contributed by atoms with Crippen LogP contribution in [0.2, 0.25) is 5.02 Å².